The van der Waals surface area contributed by atoms with Crippen molar-refractivity contribution >= 4 is 29.2 Å². The monoisotopic (exact) mass is 563 g/mol. The Balaban J connectivity index is 1.96. The van der Waals surface area contributed by atoms with Crippen molar-refractivity contribution in [3.63, 3.8) is 0 Å². The van der Waals surface area contributed by atoms with E-state index in [0.717, 1.165) is 18.2 Å². The second-order valence-corrected chi connectivity index (χ2v) is 9.93. The Morgan fingerprint density at radius 1 is 1.13 bits per heavy atom. The maximum absolute atomic E-state index is 14.7. The number of benzene rings is 1. The minimum absolute atomic E-state index is 0.0416. The molecule has 8 nitrogen and oxygen atoms in total. The van der Waals surface area contributed by atoms with E-state index in [1.165, 1.54) is 26.8 Å². The molecule has 2 aromatic heterocycles. The first-order chi connectivity index (χ1) is 17.6. The molecule has 0 radical (unpaired) electrons. The third-order valence-corrected chi connectivity index (χ3v) is 6.01. The number of aromatic nitrogens is 2. The summed E-state index contributed by atoms with van der Waals surface area (Å²) >= 11 is 5.90. The predicted molar refractivity (Wildman–Crippen MR) is 125 cm³/mol. The van der Waals surface area contributed by atoms with Crippen molar-refractivity contribution in [2.75, 3.05) is 5.32 Å². The summed E-state index contributed by atoms with van der Waals surface area (Å²) in [5, 5.41) is 18.5. The van der Waals surface area contributed by atoms with Crippen LogP contribution in [0, 0.1) is 11.2 Å². The molecule has 0 aliphatic rings. The molecule has 1 aromatic carbocycles. The summed E-state index contributed by atoms with van der Waals surface area (Å²) < 4.78 is 80.8. The number of rotatable bonds is 10. The average Bonchev–Trinajstić information content (AvgIpc) is 3.45. The molecule has 0 aliphatic carbocycles. The van der Waals surface area contributed by atoms with Gasteiger partial charge in [0.15, 0.2) is 11.5 Å². The zero-order valence-electron chi connectivity index (χ0n) is 20.3. The van der Waals surface area contributed by atoms with E-state index in [1.54, 1.807) is 0 Å². The van der Waals surface area contributed by atoms with Gasteiger partial charge >= 0.3 is 11.9 Å². The van der Waals surface area contributed by atoms with Gasteiger partial charge in [-0.1, -0.05) is 42.7 Å². The van der Waals surface area contributed by atoms with Gasteiger partial charge in [0.1, 0.15) is 5.82 Å². The lowest BCUT2D eigenvalue weighted by atomic mass is 9.86. The Bertz CT molecular complexity index is 1320. The summed E-state index contributed by atoms with van der Waals surface area (Å²) in [4.78, 5) is 23.8. The van der Waals surface area contributed by atoms with Crippen LogP contribution in [0.2, 0.25) is 5.02 Å². The molecule has 1 unspecified atom stereocenters. The van der Waals surface area contributed by atoms with Gasteiger partial charge in [-0.3, -0.25) is 9.59 Å². The Labute approximate surface area is 218 Å². The lowest BCUT2D eigenvalue weighted by Gasteiger charge is -2.27. The quantitative estimate of drug-likeness (QED) is 0.251. The molecule has 0 spiro atoms. The van der Waals surface area contributed by atoms with Gasteiger partial charge in [0.2, 0.25) is 11.7 Å². The van der Waals surface area contributed by atoms with Crippen LogP contribution in [0.1, 0.15) is 69.4 Å². The summed E-state index contributed by atoms with van der Waals surface area (Å²) in [6, 6.07) is 3.94. The molecule has 206 valence electrons. The van der Waals surface area contributed by atoms with Crippen LogP contribution < -0.4 is 5.32 Å². The van der Waals surface area contributed by atoms with Crippen molar-refractivity contribution in [2.45, 2.75) is 58.3 Å². The van der Waals surface area contributed by atoms with Crippen LogP contribution in [0.5, 0.6) is 0 Å². The summed E-state index contributed by atoms with van der Waals surface area (Å²) in [6.07, 6.45) is -4.58. The van der Waals surface area contributed by atoms with Crippen LogP contribution in [0.3, 0.4) is 0 Å². The van der Waals surface area contributed by atoms with E-state index in [4.69, 9.17) is 25.8 Å². The molecular weight excluding hydrogens is 541 g/mol. The summed E-state index contributed by atoms with van der Waals surface area (Å²) in [5.74, 6) is -8.89. The smallest absolute Gasteiger partial charge is 0.312 e. The lowest BCUT2D eigenvalue weighted by molar-refractivity contribution is -0.137. The maximum Gasteiger partial charge on any atom is 0.312 e. The van der Waals surface area contributed by atoms with E-state index in [1.807, 2.05) is 0 Å². The maximum atomic E-state index is 14.7. The van der Waals surface area contributed by atoms with Crippen molar-refractivity contribution in [1.29, 1.82) is 0 Å². The normalized spacial score (nSPS) is 13.1. The van der Waals surface area contributed by atoms with E-state index >= 15 is 0 Å². The predicted octanol–water partition coefficient (Wildman–Crippen LogP) is 7.17. The fourth-order valence-corrected chi connectivity index (χ4v) is 3.76. The molecule has 3 aromatic rings. The Kier molecular flexibility index (Phi) is 8.49. The fourth-order valence-electron chi connectivity index (χ4n) is 3.55. The van der Waals surface area contributed by atoms with E-state index in [2.05, 4.69) is 15.6 Å². The van der Waals surface area contributed by atoms with Gasteiger partial charge in [-0.15, -0.1) is 0 Å². The van der Waals surface area contributed by atoms with E-state index in [9.17, 15) is 31.5 Å². The number of carboxylic acid groups (broad SMARTS) is 1. The number of hydrogen-bond acceptors (Lipinski definition) is 6. The molecule has 0 saturated heterocycles. The number of anilines is 1. The average molecular weight is 564 g/mol. The summed E-state index contributed by atoms with van der Waals surface area (Å²) in [5.41, 5.74) is -3.29. The van der Waals surface area contributed by atoms with Gasteiger partial charge in [0.05, 0.1) is 22.0 Å². The lowest BCUT2D eigenvalue weighted by Crippen LogP contribution is -2.30. The number of alkyl halides is 4. The second kappa shape index (κ2) is 11.1. The Morgan fingerprint density at radius 3 is 2.39 bits per heavy atom. The minimum Gasteiger partial charge on any atom is -0.481 e. The number of hydrogen-bond donors (Lipinski definition) is 2. The molecule has 1 amide bonds. The molecule has 38 heavy (non-hydrogen) atoms. The summed E-state index contributed by atoms with van der Waals surface area (Å²) in [6.45, 7) is 3.76. The standard InChI is InChI=1S/C24H23ClF5N3O5/c1-23(2,3)24(29,30)16-10-15(32-37-16)21-19(22(27)28)20(33-38-21)11(4-7-18(35)36)8-17(34)31-14-6-5-12(26)9-13(14)25/h5-6,9-11,22H,4,7-8H2,1-3H3,(H,31,34)(H,35,36). The molecule has 14 heteroatoms. The molecular formula is C24H23ClF5N3O5. The largest absolute Gasteiger partial charge is 0.481 e. The molecule has 0 aliphatic heterocycles. The van der Waals surface area contributed by atoms with Crippen molar-refractivity contribution in [3.8, 4) is 11.5 Å². The number of halogens is 6. The van der Waals surface area contributed by atoms with Crippen molar-refractivity contribution in [1.82, 2.24) is 10.3 Å². The number of nitrogens with one attached hydrogen (secondary N) is 1. The van der Waals surface area contributed by atoms with E-state index in [0.29, 0.717) is 0 Å². The highest BCUT2D eigenvalue weighted by Crippen LogP contribution is 2.46. The molecule has 3 rings (SSSR count). The molecule has 0 saturated carbocycles. The van der Waals surface area contributed by atoms with Gasteiger partial charge < -0.3 is 19.5 Å². The van der Waals surface area contributed by atoms with Crippen molar-refractivity contribution in [3.05, 3.63) is 52.1 Å². The fraction of sp³-hybridized carbons (Fsp3) is 0.417. The Morgan fingerprint density at radius 2 is 1.82 bits per heavy atom. The molecule has 1 atom stereocenters. The van der Waals surface area contributed by atoms with Gasteiger partial charge in [-0.25, -0.2) is 13.2 Å². The number of carboxylic acids is 1. The molecule has 2 N–H and O–H groups in total. The van der Waals surface area contributed by atoms with E-state index < -0.39 is 82.7 Å². The third kappa shape index (κ3) is 6.32. The molecule has 2 heterocycles. The number of carbonyl (C=O) groups is 2. The Hall–Kier alpha value is -3.48. The highest BCUT2D eigenvalue weighted by Gasteiger charge is 2.48. The highest BCUT2D eigenvalue weighted by atomic mass is 35.5. The number of amides is 1. The first kappa shape index (κ1) is 29.1. The van der Waals surface area contributed by atoms with Gasteiger partial charge in [-0.2, -0.15) is 8.78 Å². The van der Waals surface area contributed by atoms with Gasteiger partial charge in [-0.05, 0) is 24.6 Å². The molecule has 0 bridgehead atoms. The number of nitrogens with zero attached hydrogens (tertiary/aromatic N) is 2. The minimum atomic E-state index is -3.50. The third-order valence-electron chi connectivity index (χ3n) is 5.70. The first-order valence-corrected chi connectivity index (χ1v) is 11.6. The number of carbonyl (C=O) groups excluding carboxylic acids is 1. The van der Waals surface area contributed by atoms with Crippen LogP contribution >= 0.6 is 11.6 Å². The molecule has 0 fully saturated rings. The first-order valence-electron chi connectivity index (χ1n) is 11.2. The van der Waals surface area contributed by atoms with E-state index in [-0.39, 0.29) is 17.1 Å². The van der Waals surface area contributed by atoms with Crippen LogP contribution in [-0.4, -0.2) is 27.3 Å². The highest BCUT2D eigenvalue weighted by molar-refractivity contribution is 6.33. The summed E-state index contributed by atoms with van der Waals surface area (Å²) in [7, 11) is 0. The van der Waals surface area contributed by atoms with Crippen LogP contribution in [0.25, 0.3) is 11.5 Å². The van der Waals surface area contributed by atoms with Crippen molar-refractivity contribution < 1.29 is 45.7 Å². The second-order valence-electron chi connectivity index (χ2n) is 9.52. The van der Waals surface area contributed by atoms with Crippen LogP contribution in [0.15, 0.2) is 33.3 Å². The van der Waals surface area contributed by atoms with Crippen LogP contribution in [-0.2, 0) is 15.5 Å². The zero-order chi connectivity index (χ0) is 28.4. The van der Waals surface area contributed by atoms with Gasteiger partial charge in [0, 0.05) is 30.2 Å². The topological polar surface area (TPSA) is 118 Å². The van der Waals surface area contributed by atoms with Crippen molar-refractivity contribution in [2.24, 2.45) is 5.41 Å². The SMILES string of the molecule is CC(C)(C)C(F)(F)c1cc(-c2onc(C(CCC(=O)O)CC(=O)Nc3ccc(F)cc3Cl)c2C(F)F)no1. The zero-order valence-corrected chi connectivity index (χ0v) is 21.1. The van der Waals surface area contributed by atoms with Gasteiger partial charge in [0.25, 0.3) is 6.43 Å². The number of aliphatic carboxylic acids is 1. The van der Waals surface area contributed by atoms with Crippen LogP contribution in [0.4, 0.5) is 27.6 Å².